The average molecular weight is 370 g/mol. The fourth-order valence-electron chi connectivity index (χ4n) is 4.12. The summed E-state index contributed by atoms with van der Waals surface area (Å²) in [6.07, 6.45) is 8.90. The predicted octanol–water partition coefficient (Wildman–Crippen LogP) is 4.13. The number of hydrogen-bond donors (Lipinski definition) is 0. The van der Waals surface area contributed by atoms with Crippen molar-refractivity contribution in [3.05, 3.63) is 63.0 Å². The van der Waals surface area contributed by atoms with Crippen LogP contribution in [0.4, 0.5) is 10.1 Å². The number of nitro groups is 1. The van der Waals surface area contributed by atoms with Gasteiger partial charge < -0.3 is 0 Å². The summed E-state index contributed by atoms with van der Waals surface area (Å²) in [5.74, 6) is 1.06. The molecular weight excluding hydrogens is 347 g/mol. The maximum absolute atomic E-state index is 14.1. The van der Waals surface area contributed by atoms with Gasteiger partial charge in [-0.2, -0.15) is 0 Å². The van der Waals surface area contributed by atoms with E-state index >= 15 is 0 Å². The number of aromatic nitrogens is 2. The van der Waals surface area contributed by atoms with Gasteiger partial charge in [0.25, 0.3) is 5.69 Å². The molecule has 4 rings (SSSR count). The first kappa shape index (κ1) is 18.0. The predicted molar refractivity (Wildman–Crippen MR) is 98.7 cm³/mol. The van der Waals surface area contributed by atoms with Crippen molar-refractivity contribution in [2.45, 2.75) is 57.5 Å². The second kappa shape index (κ2) is 7.68. The molecule has 1 fully saturated rings. The summed E-state index contributed by atoms with van der Waals surface area (Å²) in [7, 11) is 0. The molecule has 0 radical (unpaired) electrons. The van der Waals surface area contributed by atoms with E-state index in [0.29, 0.717) is 24.6 Å². The lowest BCUT2D eigenvalue weighted by molar-refractivity contribution is -0.385. The van der Waals surface area contributed by atoms with Gasteiger partial charge in [-0.15, -0.1) is 0 Å². The third-order valence-corrected chi connectivity index (χ3v) is 5.64. The molecule has 1 aromatic carbocycles. The molecule has 6 nitrogen and oxygen atoms in total. The third-order valence-electron chi connectivity index (χ3n) is 5.64. The van der Waals surface area contributed by atoms with Crippen LogP contribution in [0, 0.1) is 15.9 Å². The lowest BCUT2D eigenvalue weighted by Crippen LogP contribution is -2.31. The van der Waals surface area contributed by atoms with E-state index in [1.165, 1.54) is 50.3 Å². The van der Waals surface area contributed by atoms with E-state index < -0.39 is 10.7 Å². The standard InChI is InChI=1S/C20H23FN4O2/c21-18-7-6-17(25(26)27)10-15(18)12-24-9-8-19-16(13-24)11-22-20(23-19)14-4-2-1-3-5-14/h6-7,10-11,14H,1-5,8-9,12-13H2. The fraction of sp³-hybridized carbons (Fsp3) is 0.500. The smallest absolute Gasteiger partial charge is 0.269 e. The Labute approximate surface area is 157 Å². The van der Waals surface area contributed by atoms with Gasteiger partial charge in [-0.25, -0.2) is 14.4 Å². The largest absolute Gasteiger partial charge is 0.294 e. The Morgan fingerprint density at radius 2 is 2.07 bits per heavy atom. The van der Waals surface area contributed by atoms with E-state index in [9.17, 15) is 14.5 Å². The van der Waals surface area contributed by atoms with Crippen LogP contribution in [-0.4, -0.2) is 26.3 Å². The van der Waals surface area contributed by atoms with E-state index in [2.05, 4.69) is 9.88 Å². The number of fused-ring (bicyclic) bond motifs is 1. The average Bonchev–Trinajstić information content (AvgIpc) is 2.69. The second-order valence-corrected chi connectivity index (χ2v) is 7.53. The van der Waals surface area contributed by atoms with Gasteiger partial charge in [-0.05, 0) is 18.9 Å². The van der Waals surface area contributed by atoms with E-state index in [4.69, 9.17) is 4.98 Å². The van der Waals surface area contributed by atoms with Gasteiger partial charge in [-0.1, -0.05) is 19.3 Å². The molecule has 2 aliphatic rings. The zero-order chi connectivity index (χ0) is 18.8. The van der Waals surface area contributed by atoms with Crippen molar-refractivity contribution in [2.75, 3.05) is 6.54 Å². The van der Waals surface area contributed by atoms with Gasteiger partial charge in [0, 0.05) is 67.1 Å². The summed E-state index contributed by atoms with van der Waals surface area (Å²) in [6.45, 7) is 1.75. The molecule has 0 amide bonds. The minimum atomic E-state index is -0.491. The van der Waals surface area contributed by atoms with Crippen molar-refractivity contribution in [3.63, 3.8) is 0 Å². The molecule has 1 aromatic heterocycles. The topological polar surface area (TPSA) is 72.2 Å². The van der Waals surface area contributed by atoms with Gasteiger partial charge in [-0.3, -0.25) is 15.0 Å². The van der Waals surface area contributed by atoms with Crippen LogP contribution in [0.2, 0.25) is 0 Å². The molecule has 7 heteroatoms. The number of benzene rings is 1. The first-order valence-electron chi connectivity index (χ1n) is 9.60. The summed E-state index contributed by atoms with van der Waals surface area (Å²) < 4.78 is 14.1. The van der Waals surface area contributed by atoms with Crippen LogP contribution in [-0.2, 0) is 19.5 Å². The zero-order valence-corrected chi connectivity index (χ0v) is 15.2. The SMILES string of the molecule is O=[N+]([O-])c1ccc(F)c(CN2CCc3nc(C4CCCCC4)ncc3C2)c1. The number of nitrogens with zero attached hydrogens (tertiary/aromatic N) is 4. The summed E-state index contributed by atoms with van der Waals surface area (Å²) in [5, 5.41) is 10.9. The molecule has 0 N–H and O–H groups in total. The minimum absolute atomic E-state index is 0.0794. The number of halogens is 1. The highest BCUT2D eigenvalue weighted by molar-refractivity contribution is 5.35. The Kier molecular flexibility index (Phi) is 5.11. The lowest BCUT2D eigenvalue weighted by atomic mass is 9.88. The highest BCUT2D eigenvalue weighted by Crippen LogP contribution is 2.31. The van der Waals surface area contributed by atoms with E-state index in [1.807, 2.05) is 6.20 Å². The Balaban J connectivity index is 1.47. The van der Waals surface area contributed by atoms with E-state index in [-0.39, 0.29) is 5.69 Å². The van der Waals surface area contributed by atoms with Crippen LogP contribution in [0.3, 0.4) is 0 Å². The normalized spacial score (nSPS) is 18.3. The summed E-state index contributed by atoms with van der Waals surface area (Å²) >= 11 is 0. The van der Waals surface area contributed by atoms with Crippen LogP contribution >= 0.6 is 0 Å². The van der Waals surface area contributed by atoms with Gasteiger partial charge in [0.15, 0.2) is 0 Å². The maximum atomic E-state index is 14.1. The second-order valence-electron chi connectivity index (χ2n) is 7.53. The summed E-state index contributed by atoms with van der Waals surface area (Å²) in [6, 6.07) is 3.70. The first-order chi connectivity index (χ1) is 13.1. The molecule has 0 unspecified atom stereocenters. The van der Waals surface area contributed by atoms with Gasteiger partial charge in [0.1, 0.15) is 11.6 Å². The van der Waals surface area contributed by atoms with Crippen LogP contribution in [0.5, 0.6) is 0 Å². The van der Waals surface area contributed by atoms with Gasteiger partial charge in [0.05, 0.1) is 4.92 Å². The summed E-state index contributed by atoms with van der Waals surface area (Å²) in [5.41, 5.74) is 2.45. The molecule has 2 heterocycles. The van der Waals surface area contributed by atoms with Crippen molar-refractivity contribution in [1.82, 2.24) is 14.9 Å². The first-order valence-corrected chi connectivity index (χ1v) is 9.60. The maximum Gasteiger partial charge on any atom is 0.269 e. The molecule has 1 saturated carbocycles. The quantitative estimate of drug-likeness (QED) is 0.598. The Morgan fingerprint density at radius 3 is 2.85 bits per heavy atom. The van der Waals surface area contributed by atoms with E-state index in [0.717, 1.165) is 30.0 Å². The van der Waals surface area contributed by atoms with Crippen molar-refractivity contribution in [1.29, 1.82) is 0 Å². The van der Waals surface area contributed by atoms with Crippen LogP contribution < -0.4 is 0 Å². The number of hydrogen-bond acceptors (Lipinski definition) is 5. The molecule has 1 aliphatic heterocycles. The molecule has 0 saturated heterocycles. The molecule has 2 aromatic rings. The molecule has 0 spiro atoms. The number of non-ortho nitro benzene ring substituents is 1. The molecule has 142 valence electrons. The number of rotatable bonds is 4. The highest BCUT2D eigenvalue weighted by Gasteiger charge is 2.23. The highest BCUT2D eigenvalue weighted by atomic mass is 19.1. The van der Waals surface area contributed by atoms with Crippen LogP contribution in [0.1, 0.15) is 60.7 Å². The van der Waals surface area contributed by atoms with Gasteiger partial charge in [0.2, 0.25) is 0 Å². The Hall–Kier alpha value is -2.41. The molecule has 0 bridgehead atoms. The summed E-state index contributed by atoms with van der Waals surface area (Å²) in [4.78, 5) is 22.0. The van der Waals surface area contributed by atoms with Crippen molar-refractivity contribution in [3.8, 4) is 0 Å². The fourth-order valence-corrected chi connectivity index (χ4v) is 4.12. The Morgan fingerprint density at radius 1 is 1.26 bits per heavy atom. The zero-order valence-electron chi connectivity index (χ0n) is 15.2. The monoisotopic (exact) mass is 370 g/mol. The molecule has 27 heavy (non-hydrogen) atoms. The third kappa shape index (κ3) is 3.98. The molecule has 0 atom stereocenters. The van der Waals surface area contributed by atoms with Crippen molar-refractivity contribution < 1.29 is 9.31 Å². The van der Waals surface area contributed by atoms with Gasteiger partial charge >= 0.3 is 0 Å². The van der Waals surface area contributed by atoms with Crippen molar-refractivity contribution >= 4 is 5.69 Å². The van der Waals surface area contributed by atoms with Crippen molar-refractivity contribution in [2.24, 2.45) is 0 Å². The number of nitro benzene ring substituents is 1. The molecule has 1 aliphatic carbocycles. The lowest BCUT2D eigenvalue weighted by Gasteiger charge is -2.29. The molecular formula is C20H23FN4O2. The van der Waals surface area contributed by atoms with Crippen LogP contribution in [0.15, 0.2) is 24.4 Å². The van der Waals surface area contributed by atoms with Crippen LogP contribution in [0.25, 0.3) is 0 Å². The Bertz CT molecular complexity index is 852. The minimum Gasteiger partial charge on any atom is -0.294 e. The van der Waals surface area contributed by atoms with E-state index in [1.54, 1.807) is 0 Å².